The van der Waals surface area contributed by atoms with Gasteiger partial charge in [0, 0.05) is 16.7 Å². The van der Waals surface area contributed by atoms with E-state index in [4.69, 9.17) is 4.74 Å². The summed E-state index contributed by atoms with van der Waals surface area (Å²) in [4.78, 5) is 13.9. The molecule has 0 amide bonds. The van der Waals surface area contributed by atoms with E-state index in [-0.39, 0.29) is 5.78 Å². The molecule has 1 aliphatic carbocycles. The molecule has 0 heterocycles. The molecule has 0 aromatic heterocycles. The van der Waals surface area contributed by atoms with Crippen LogP contribution in [0.3, 0.4) is 0 Å². The van der Waals surface area contributed by atoms with E-state index < -0.39 is 5.60 Å². The average Bonchev–Trinajstić information content (AvgIpc) is 2.91. The molecule has 174 valence electrons. The van der Waals surface area contributed by atoms with Crippen molar-refractivity contribution < 1.29 is 9.53 Å². The molecule has 0 N–H and O–H groups in total. The SMILES string of the molecule is Cc1ccc(-c2c(OC3(c4ccc(C)cc4)C(=O)C=Cc4ccccc43)ccc3ccccc23)cc1. The van der Waals surface area contributed by atoms with Gasteiger partial charge in [0.25, 0.3) is 0 Å². The zero-order valence-corrected chi connectivity index (χ0v) is 20.4. The maximum Gasteiger partial charge on any atom is 0.221 e. The van der Waals surface area contributed by atoms with E-state index in [0.29, 0.717) is 5.75 Å². The van der Waals surface area contributed by atoms with Crippen LogP contribution in [-0.2, 0) is 10.4 Å². The summed E-state index contributed by atoms with van der Waals surface area (Å²) in [5, 5.41) is 2.21. The summed E-state index contributed by atoms with van der Waals surface area (Å²) in [5.74, 6) is 0.588. The first-order valence-corrected chi connectivity index (χ1v) is 12.2. The zero-order valence-electron chi connectivity index (χ0n) is 20.4. The van der Waals surface area contributed by atoms with Gasteiger partial charge in [-0.25, -0.2) is 0 Å². The van der Waals surface area contributed by atoms with Crippen molar-refractivity contribution in [3.8, 4) is 16.9 Å². The van der Waals surface area contributed by atoms with Crippen LogP contribution in [0.15, 0.2) is 115 Å². The molecule has 0 spiro atoms. The second-order valence-corrected chi connectivity index (χ2v) is 9.46. The van der Waals surface area contributed by atoms with Gasteiger partial charge in [0.05, 0.1) is 0 Å². The summed E-state index contributed by atoms with van der Waals surface area (Å²) in [6, 6.07) is 37.0. The lowest BCUT2D eigenvalue weighted by atomic mass is 9.76. The molecule has 2 heteroatoms. The minimum atomic E-state index is -1.29. The molecule has 0 saturated carbocycles. The largest absolute Gasteiger partial charge is 0.469 e. The van der Waals surface area contributed by atoms with Crippen LogP contribution in [0.25, 0.3) is 28.0 Å². The van der Waals surface area contributed by atoms with E-state index in [2.05, 4.69) is 49.4 Å². The summed E-state index contributed by atoms with van der Waals surface area (Å²) in [7, 11) is 0. The number of benzene rings is 5. The predicted octanol–water partition coefficient (Wildman–Crippen LogP) is 8.04. The Morgan fingerprint density at radius 1 is 0.639 bits per heavy atom. The van der Waals surface area contributed by atoms with Crippen molar-refractivity contribution in [1.82, 2.24) is 0 Å². The first kappa shape index (κ1) is 22.1. The van der Waals surface area contributed by atoms with Crippen LogP contribution in [0.5, 0.6) is 5.75 Å². The fraction of sp³-hybridized carbons (Fsp3) is 0.0882. The molecule has 2 nitrogen and oxygen atoms in total. The molecule has 5 aromatic carbocycles. The van der Waals surface area contributed by atoms with Gasteiger partial charge in [-0.05, 0) is 47.9 Å². The van der Waals surface area contributed by atoms with Crippen molar-refractivity contribution >= 4 is 22.6 Å². The molecule has 0 aliphatic heterocycles. The second kappa shape index (κ2) is 8.66. The van der Waals surface area contributed by atoms with Crippen LogP contribution in [-0.4, -0.2) is 5.78 Å². The average molecular weight is 467 g/mol. The van der Waals surface area contributed by atoms with Gasteiger partial charge in [0.2, 0.25) is 11.4 Å². The minimum Gasteiger partial charge on any atom is -0.469 e. The van der Waals surface area contributed by atoms with E-state index in [1.54, 1.807) is 6.08 Å². The predicted molar refractivity (Wildman–Crippen MR) is 147 cm³/mol. The minimum absolute atomic E-state index is 0.0898. The van der Waals surface area contributed by atoms with Crippen LogP contribution in [0.2, 0.25) is 0 Å². The Morgan fingerprint density at radius 3 is 2.08 bits per heavy atom. The Balaban J connectivity index is 1.64. The van der Waals surface area contributed by atoms with Crippen molar-refractivity contribution in [2.24, 2.45) is 0 Å². The molecule has 1 unspecified atom stereocenters. The number of hydrogen-bond donors (Lipinski definition) is 0. The summed E-state index contributed by atoms with van der Waals surface area (Å²) >= 11 is 0. The summed E-state index contributed by atoms with van der Waals surface area (Å²) in [5.41, 5.74) is 5.72. The molecular weight excluding hydrogens is 440 g/mol. The molecule has 6 rings (SSSR count). The number of fused-ring (bicyclic) bond motifs is 2. The molecule has 0 fully saturated rings. The van der Waals surface area contributed by atoms with Crippen LogP contribution in [0, 0.1) is 13.8 Å². The highest BCUT2D eigenvalue weighted by molar-refractivity contribution is 6.07. The standard InChI is InChI=1S/C34H26O2/c1-23-11-15-27(16-12-23)33-29-9-5-3-7-25(29)17-21-31(33)36-34(28-19-13-24(2)14-20-28)30-10-6-4-8-26(30)18-22-32(34)35/h3-22H,1-2H3. The first-order valence-electron chi connectivity index (χ1n) is 12.2. The van der Waals surface area contributed by atoms with Crippen molar-refractivity contribution in [2.45, 2.75) is 19.4 Å². The van der Waals surface area contributed by atoms with Crippen molar-refractivity contribution in [2.75, 3.05) is 0 Å². The van der Waals surface area contributed by atoms with Gasteiger partial charge in [-0.1, -0.05) is 120 Å². The van der Waals surface area contributed by atoms with E-state index in [9.17, 15) is 4.79 Å². The van der Waals surface area contributed by atoms with E-state index in [1.807, 2.05) is 79.7 Å². The Kier molecular flexibility index (Phi) is 5.30. The normalized spacial score (nSPS) is 16.7. The lowest BCUT2D eigenvalue weighted by molar-refractivity contribution is -0.127. The Bertz CT molecular complexity index is 1630. The lowest BCUT2D eigenvalue weighted by Gasteiger charge is -2.37. The third kappa shape index (κ3) is 3.54. The highest BCUT2D eigenvalue weighted by Gasteiger charge is 2.46. The van der Waals surface area contributed by atoms with E-state index in [1.165, 1.54) is 5.56 Å². The summed E-state index contributed by atoms with van der Waals surface area (Å²) < 4.78 is 7.03. The van der Waals surface area contributed by atoms with Gasteiger partial charge in [0.1, 0.15) is 5.75 Å². The number of aryl methyl sites for hydroxylation is 2. The van der Waals surface area contributed by atoms with Crippen molar-refractivity contribution in [3.63, 3.8) is 0 Å². The highest BCUT2D eigenvalue weighted by atomic mass is 16.5. The molecule has 0 saturated heterocycles. The lowest BCUT2D eigenvalue weighted by Crippen LogP contribution is -2.44. The zero-order chi connectivity index (χ0) is 24.7. The number of carbonyl (C=O) groups excluding carboxylic acids is 1. The highest BCUT2D eigenvalue weighted by Crippen LogP contribution is 2.45. The third-order valence-electron chi connectivity index (χ3n) is 7.05. The molecule has 36 heavy (non-hydrogen) atoms. The number of rotatable bonds is 4. The third-order valence-corrected chi connectivity index (χ3v) is 7.05. The van der Waals surface area contributed by atoms with Gasteiger partial charge < -0.3 is 4.74 Å². The van der Waals surface area contributed by atoms with Gasteiger partial charge in [-0.2, -0.15) is 0 Å². The van der Waals surface area contributed by atoms with Gasteiger partial charge >= 0.3 is 0 Å². The van der Waals surface area contributed by atoms with Gasteiger partial charge in [-0.3, -0.25) is 4.79 Å². The van der Waals surface area contributed by atoms with Crippen molar-refractivity contribution in [1.29, 1.82) is 0 Å². The fourth-order valence-corrected chi connectivity index (χ4v) is 5.15. The maximum absolute atomic E-state index is 13.9. The number of hydrogen-bond acceptors (Lipinski definition) is 2. The smallest absolute Gasteiger partial charge is 0.221 e. The maximum atomic E-state index is 13.9. The monoisotopic (exact) mass is 466 g/mol. The molecule has 0 radical (unpaired) electrons. The Labute approximate surface area is 211 Å². The fourth-order valence-electron chi connectivity index (χ4n) is 5.15. The first-order chi connectivity index (χ1) is 17.6. The summed E-state index contributed by atoms with van der Waals surface area (Å²) in [6.45, 7) is 4.13. The van der Waals surface area contributed by atoms with Crippen molar-refractivity contribution in [3.05, 3.63) is 143 Å². The molecule has 1 aliphatic rings. The second-order valence-electron chi connectivity index (χ2n) is 9.46. The van der Waals surface area contributed by atoms with Crippen LogP contribution in [0.1, 0.15) is 27.8 Å². The topological polar surface area (TPSA) is 26.3 Å². The number of ether oxygens (including phenoxy) is 1. The number of ketones is 1. The van der Waals surface area contributed by atoms with Gasteiger partial charge in [-0.15, -0.1) is 0 Å². The van der Waals surface area contributed by atoms with E-state index >= 15 is 0 Å². The molecule has 5 aromatic rings. The van der Waals surface area contributed by atoms with Crippen LogP contribution in [0.4, 0.5) is 0 Å². The Morgan fingerprint density at radius 2 is 1.31 bits per heavy atom. The molecule has 1 atom stereocenters. The van der Waals surface area contributed by atoms with E-state index in [0.717, 1.165) is 44.2 Å². The molecule has 0 bridgehead atoms. The van der Waals surface area contributed by atoms with Gasteiger partial charge in [0.15, 0.2) is 0 Å². The number of carbonyl (C=O) groups is 1. The Hall–Kier alpha value is -4.43. The quantitative estimate of drug-likeness (QED) is 0.268. The summed E-state index contributed by atoms with van der Waals surface area (Å²) in [6.07, 6.45) is 3.53. The van der Waals surface area contributed by atoms with Crippen LogP contribution < -0.4 is 4.74 Å². The van der Waals surface area contributed by atoms with Crippen LogP contribution >= 0.6 is 0 Å². The molecular formula is C34H26O2.